The topological polar surface area (TPSA) is 72.8 Å². The Morgan fingerprint density at radius 1 is 0.303 bits per heavy atom. The Kier molecular flexibility index (Phi) is 62.4. The molecular weight excluding hydrogens is 933 g/mol. The van der Waals surface area contributed by atoms with Crippen LogP contribution in [-0.2, 0) is 19.1 Å². The van der Waals surface area contributed by atoms with Gasteiger partial charge in [-0.1, -0.05) is 302 Å². The summed E-state index contributed by atoms with van der Waals surface area (Å²) in [5.41, 5.74) is 0. The van der Waals surface area contributed by atoms with E-state index in [0.717, 1.165) is 109 Å². The van der Waals surface area contributed by atoms with Crippen LogP contribution in [0, 0.1) is 0 Å². The van der Waals surface area contributed by atoms with Gasteiger partial charge in [0.15, 0.2) is 6.10 Å². The molecule has 0 aromatic carbocycles. The normalized spacial score (nSPS) is 13.0. The van der Waals surface area contributed by atoms with E-state index in [9.17, 15) is 14.7 Å². The second-order valence-corrected chi connectivity index (χ2v) is 21.1. The van der Waals surface area contributed by atoms with Crippen molar-refractivity contribution in [1.29, 1.82) is 0 Å². The van der Waals surface area contributed by atoms with Gasteiger partial charge in [0.1, 0.15) is 6.61 Å². The quantitative estimate of drug-likeness (QED) is 0.0373. The Morgan fingerprint density at radius 3 is 0.789 bits per heavy atom. The molecule has 0 bridgehead atoms. The maximum atomic E-state index is 12.3. The zero-order valence-corrected chi connectivity index (χ0v) is 49.7. The number of esters is 2. The Bertz CT molecular complexity index is 1520. The van der Waals surface area contributed by atoms with Crippen molar-refractivity contribution in [2.24, 2.45) is 0 Å². The summed E-state index contributed by atoms with van der Waals surface area (Å²) >= 11 is 0. The lowest BCUT2D eigenvalue weighted by Crippen LogP contribution is -2.28. The van der Waals surface area contributed by atoms with Crippen molar-refractivity contribution in [3.05, 3.63) is 122 Å². The number of allylic oxidation sites excluding steroid dienone is 20. The first-order chi connectivity index (χ1) is 37.6. The minimum Gasteiger partial charge on any atom is -0.462 e. The number of hydrogen-bond donors (Lipinski definition) is 1. The first-order valence-electron chi connectivity index (χ1n) is 32.1. The van der Waals surface area contributed by atoms with Gasteiger partial charge in [-0.3, -0.25) is 9.59 Å². The standard InChI is InChI=1S/C71H120O5/c1-3-5-7-9-11-13-15-17-19-21-23-25-27-28-29-30-31-32-33-34-35-36-37-38-39-40-41-42-44-46-48-50-52-54-56-58-60-62-64-66-71(74)76-69(67-72)68-75-70(73)65-63-61-59-57-55-53-51-49-47-45-43-26-24-22-20-18-16-14-12-10-8-6-4-2/h5-8,11-14,17-20,23-26,28-29,45,47,69,72H,3-4,9-10,15-16,21-22,27,30-44,46,48-68H2,1-2H3/b7-5-,8-6-,13-11-,14-12-,19-17-,20-18-,25-23-,26-24-,29-28-,47-45-. The van der Waals surface area contributed by atoms with Crippen LogP contribution in [0.4, 0.5) is 0 Å². The molecule has 0 aliphatic carbocycles. The SMILES string of the molecule is CC/C=C\C/C=C\C/C=C\C/C=C\C/C=C\CCCCCCCCCCCCCCCCCCCCCCCCCC(=O)OC(CO)COC(=O)CCCCCCCCC/C=C\C/C=C\C/C=C\C/C=C\C/C=C\CC. The lowest BCUT2D eigenvalue weighted by molar-refractivity contribution is -0.161. The van der Waals surface area contributed by atoms with Gasteiger partial charge < -0.3 is 14.6 Å². The van der Waals surface area contributed by atoms with Gasteiger partial charge in [-0.05, 0) is 103 Å². The van der Waals surface area contributed by atoms with Crippen LogP contribution in [0.2, 0.25) is 0 Å². The monoisotopic (exact) mass is 1050 g/mol. The van der Waals surface area contributed by atoms with E-state index in [0.29, 0.717) is 12.8 Å². The van der Waals surface area contributed by atoms with Gasteiger partial charge in [0, 0.05) is 12.8 Å². The van der Waals surface area contributed by atoms with Crippen molar-refractivity contribution in [3.8, 4) is 0 Å². The zero-order chi connectivity index (χ0) is 54.8. The summed E-state index contributed by atoms with van der Waals surface area (Å²) in [4.78, 5) is 24.6. The molecule has 0 saturated carbocycles. The molecule has 1 atom stereocenters. The molecular formula is C71H120O5. The maximum absolute atomic E-state index is 12.3. The molecule has 0 fully saturated rings. The van der Waals surface area contributed by atoms with E-state index >= 15 is 0 Å². The number of rotatable bonds is 58. The smallest absolute Gasteiger partial charge is 0.306 e. The van der Waals surface area contributed by atoms with Gasteiger partial charge in [-0.2, -0.15) is 0 Å². The molecule has 0 amide bonds. The molecule has 0 aromatic rings. The van der Waals surface area contributed by atoms with Gasteiger partial charge in [-0.15, -0.1) is 0 Å². The molecule has 0 aliphatic heterocycles. The number of unbranched alkanes of at least 4 members (excludes halogenated alkanes) is 30. The van der Waals surface area contributed by atoms with Crippen molar-refractivity contribution >= 4 is 11.9 Å². The van der Waals surface area contributed by atoms with E-state index in [1.54, 1.807) is 0 Å². The van der Waals surface area contributed by atoms with E-state index in [2.05, 4.69) is 135 Å². The van der Waals surface area contributed by atoms with Crippen molar-refractivity contribution in [3.63, 3.8) is 0 Å². The highest BCUT2D eigenvalue weighted by Crippen LogP contribution is 2.17. The molecule has 0 aliphatic rings. The molecule has 0 heterocycles. The lowest BCUT2D eigenvalue weighted by atomic mass is 10.0. The van der Waals surface area contributed by atoms with Crippen LogP contribution in [0.3, 0.4) is 0 Å². The third kappa shape index (κ3) is 62.8. The second-order valence-electron chi connectivity index (χ2n) is 21.1. The number of aliphatic hydroxyl groups is 1. The summed E-state index contributed by atoms with van der Waals surface area (Å²) in [5, 5.41) is 9.68. The van der Waals surface area contributed by atoms with Crippen LogP contribution < -0.4 is 0 Å². The first kappa shape index (κ1) is 72.3. The summed E-state index contributed by atoms with van der Waals surface area (Å²) < 4.78 is 10.7. The maximum Gasteiger partial charge on any atom is 0.306 e. The Morgan fingerprint density at radius 2 is 0.526 bits per heavy atom. The molecule has 1 N–H and O–H groups in total. The highest BCUT2D eigenvalue weighted by atomic mass is 16.6. The van der Waals surface area contributed by atoms with E-state index in [-0.39, 0.29) is 25.2 Å². The Labute approximate surface area is 471 Å². The van der Waals surface area contributed by atoms with Crippen LogP contribution in [-0.4, -0.2) is 36.4 Å². The predicted molar refractivity (Wildman–Crippen MR) is 334 cm³/mol. The van der Waals surface area contributed by atoms with Crippen LogP contribution >= 0.6 is 0 Å². The van der Waals surface area contributed by atoms with Crippen LogP contribution in [0.5, 0.6) is 0 Å². The molecule has 434 valence electrons. The van der Waals surface area contributed by atoms with Crippen molar-refractivity contribution in [2.45, 2.75) is 302 Å². The highest BCUT2D eigenvalue weighted by molar-refractivity contribution is 5.70. The van der Waals surface area contributed by atoms with Crippen LogP contribution in [0.15, 0.2) is 122 Å². The summed E-state index contributed by atoms with van der Waals surface area (Å²) in [6.07, 6.45) is 96.4. The summed E-state index contributed by atoms with van der Waals surface area (Å²) in [6.45, 7) is 3.92. The summed E-state index contributed by atoms with van der Waals surface area (Å²) in [6, 6.07) is 0. The summed E-state index contributed by atoms with van der Waals surface area (Å²) in [7, 11) is 0. The molecule has 0 radical (unpaired) electrons. The zero-order valence-electron chi connectivity index (χ0n) is 49.7. The Balaban J connectivity index is 3.46. The molecule has 5 nitrogen and oxygen atoms in total. The number of carbonyl (C=O) groups excluding carboxylic acids is 2. The van der Waals surface area contributed by atoms with Gasteiger partial charge in [0.2, 0.25) is 0 Å². The number of hydrogen-bond acceptors (Lipinski definition) is 5. The fraction of sp³-hybridized carbons (Fsp3) is 0.690. The van der Waals surface area contributed by atoms with Crippen molar-refractivity contribution < 1.29 is 24.2 Å². The summed E-state index contributed by atoms with van der Waals surface area (Å²) in [5.74, 6) is -0.598. The lowest BCUT2D eigenvalue weighted by Gasteiger charge is -2.15. The van der Waals surface area contributed by atoms with Gasteiger partial charge in [-0.25, -0.2) is 0 Å². The Hall–Kier alpha value is -3.70. The van der Waals surface area contributed by atoms with Crippen molar-refractivity contribution in [1.82, 2.24) is 0 Å². The van der Waals surface area contributed by atoms with Crippen LogP contribution in [0.25, 0.3) is 0 Å². The molecule has 76 heavy (non-hydrogen) atoms. The van der Waals surface area contributed by atoms with E-state index < -0.39 is 6.10 Å². The van der Waals surface area contributed by atoms with E-state index in [1.165, 1.54) is 161 Å². The van der Waals surface area contributed by atoms with E-state index in [4.69, 9.17) is 9.47 Å². The molecule has 0 saturated heterocycles. The fourth-order valence-corrected chi connectivity index (χ4v) is 9.02. The molecule has 1 unspecified atom stereocenters. The largest absolute Gasteiger partial charge is 0.462 e. The molecule has 5 heteroatoms. The van der Waals surface area contributed by atoms with Gasteiger partial charge in [0.25, 0.3) is 0 Å². The van der Waals surface area contributed by atoms with E-state index in [1.807, 2.05) is 0 Å². The number of carbonyl (C=O) groups is 2. The minimum absolute atomic E-state index is 0.0746. The van der Waals surface area contributed by atoms with Gasteiger partial charge in [0.05, 0.1) is 6.61 Å². The van der Waals surface area contributed by atoms with Crippen molar-refractivity contribution in [2.75, 3.05) is 13.2 Å². The predicted octanol–water partition coefficient (Wildman–Crippen LogP) is 22.2. The second kappa shape index (κ2) is 65.6. The molecule has 0 aromatic heterocycles. The number of ether oxygens (including phenoxy) is 2. The highest BCUT2D eigenvalue weighted by Gasteiger charge is 2.16. The third-order valence-corrected chi connectivity index (χ3v) is 13.8. The van der Waals surface area contributed by atoms with Gasteiger partial charge >= 0.3 is 11.9 Å². The minimum atomic E-state index is -0.783. The molecule has 0 spiro atoms. The average molecular weight is 1050 g/mol. The number of aliphatic hydroxyl groups excluding tert-OH is 1. The third-order valence-electron chi connectivity index (χ3n) is 13.8. The van der Waals surface area contributed by atoms with Crippen LogP contribution in [0.1, 0.15) is 296 Å². The first-order valence-corrected chi connectivity index (χ1v) is 32.1. The fourth-order valence-electron chi connectivity index (χ4n) is 9.02. The average Bonchev–Trinajstić information content (AvgIpc) is 3.42. The molecule has 0 rings (SSSR count).